The molecule has 0 bridgehead atoms. The van der Waals surface area contributed by atoms with Gasteiger partial charge in [0.2, 0.25) is 5.91 Å². The fourth-order valence-electron chi connectivity index (χ4n) is 2.65. The molecule has 2 amide bonds. The molecule has 28 heavy (non-hydrogen) atoms. The van der Waals surface area contributed by atoms with Gasteiger partial charge in [-0.15, -0.1) is 0 Å². The Kier molecular flexibility index (Phi) is 11.9. The number of amides is 2. The van der Waals surface area contributed by atoms with Crippen molar-refractivity contribution >= 4 is 29.1 Å². The van der Waals surface area contributed by atoms with E-state index in [2.05, 4.69) is 36.9 Å². The quantitative estimate of drug-likeness (QED) is 0.294. The van der Waals surface area contributed by atoms with E-state index >= 15 is 0 Å². The number of ether oxygens (including phenoxy) is 1. The third kappa shape index (κ3) is 9.69. The monoisotopic (exact) mass is 407 g/mol. The number of thiocarbonyl (C=S) groups is 1. The summed E-state index contributed by atoms with van der Waals surface area (Å²) in [5.74, 6) is 0.519. The molecule has 0 heterocycles. The standard InChI is InChI=1S/C21H33N3O3S/c1-4-6-7-8-9-14-19(25)22-21(28)24-23-20(26)15-27-18-13-11-10-12-17(18)16(3)5-2/h10-13,16H,4-9,14-15H2,1-3H3,(H,23,26)(H2,22,24,25,28). The summed E-state index contributed by atoms with van der Waals surface area (Å²) in [5.41, 5.74) is 6.04. The van der Waals surface area contributed by atoms with Crippen LogP contribution in [0.4, 0.5) is 0 Å². The summed E-state index contributed by atoms with van der Waals surface area (Å²) in [6, 6.07) is 7.70. The summed E-state index contributed by atoms with van der Waals surface area (Å²) in [4.78, 5) is 23.8. The zero-order valence-corrected chi connectivity index (χ0v) is 18.0. The first-order valence-corrected chi connectivity index (χ1v) is 10.5. The van der Waals surface area contributed by atoms with Gasteiger partial charge in [0.15, 0.2) is 11.7 Å². The van der Waals surface area contributed by atoms with Crippen LogP contribution >= 0.6 is 12.2 Å². The van der Waals surface area contributed by atoms with Gasteiger partial charge in [-0.2, -0.15) is 0 Å². The zero-order chi connectivity index (χ0) is 20.8. The van der Waals surface area contributed by atoms with Gasteiger partial charge in [-0.25, -0.2) is 0 Å². The number of para-hydroxylation sites is 1. The number of carbonyl (C=O) groups excluding carboxylic acids is 2. The van der Waals surface area contributed by atoms with Crippen LogP contribution in [-0.2, 0) is 9.59 Å². The van der Waals surface area contributed by atoms with Gasteiger partial charge >= 0.3 is 0 Å². The van der Waals surface area contributed by atoms with Gasteiger partial charge in [-0.05, 0) is 42.6 Å². The SMILES string of the molecule is CCCCCCCC(=O)NC(=S)NNC(=O)COc1ccccc1C(C)CC. The Hall–Kier alpha value is -2.15. The molecule has 7 heteroatoms. The molecule has 1 atom stereocenters. The highest BCUT2D eigenvalue weighted by Gasteiger charge is 2.11. The number of carbonyl (C=O) groups is 2. The molecule has 1 aromatic carbocycles. The molecule has 0 aliphatic rings. The average molecular weight is 408 g/mol. The zero-order valence-electron chi connectivity index (χ0n) is 17.2. The first kappa shape index (κ1) is 23.9. The summed E-state index contributed by atoms with van der Waals surface area (Å²) in [7, 11) is 0. The van der Waals surface area contributed by atoms with E-state index in [1.807, 2.05) is 24.3 Å². The Morgan fingerprint density at radius 3 is 2.46 bits per heavy atom. The second kappa shape index (κ2) is 13.9. The van der Waals surface area contributed by atoms with E-state index in [-0.39, 0.29) is 23.5 Å². The minimum absolute atomic E-state index is 0.0758. The molecule has 1 unspecified atom stereocenters. The lowest BCUT2D eigenvalue weighted by molar-refractivity contribution is -0.124. The summed E-state index contributed by atoms with van der Waals surface area (Å²) in [6.07, 6.45) is 6.79. The Labute approximate surface area is 173 Å². The lowest BCUT2D eigenvalue weighted by Crippen LogP contribution is -2.49. The molecular weight excluding hydrogens is 374 g/mol. The van der Waals surface area contributed by atoms with Crippen molar-refractivity contribution in [3.8, 4) is 5.75 Å². The van der Waals surface area contributed by atoms with Gasteiger partial charge in [0.05, 0.1) is 0 Å². The molecule has 0 aliphatic heterocycles. The van der Waals surface area contributed by atoms with Gasteiger partial charge in [-0.3, -0.25) is 20.4 Å². The third-order valence-electron chi connectivity index (χ3n) is 4.50. The van der Waals surface area contributed by atoms with E-state index in [0.717, 1.165) is 31.2 Å². The molecular formula is C21H33N3O3S. The highest BCUT2D eigenvalue weighted by atomic mass is 32.1. The van der Waals surface area contributed by atoms with E-state index in [9.17, 15) is 9.59 Å². The minimum Gasteiger partial charge on any atom is -0.483 e. The number of hydrogen-bond donors (Lipinski definition) is 3. The molecule has 0 radical (unpaired) electrons. The number of rotatable bonds is 11. The highest BCUT2D eigenvalue weighted by Crippen LogP contribution is 2.28. The molecule has 0 fully saturated rings. The van der Waals surface area contributed by atoms with E-state index in [1.54, 1.807) is 0 Å². The van der Waals surface area contributed by atoms with Gasteiger partial charge in [0, 0.05) is 6.42 Å². The van der Waals surface area contributed by atoms with Crippen molar-refractivity contribution in [1.82, 2.24) is 16.2 Å². The minimum atomic E-state index is -0.380. The van der Waals surface area contributed by atoms with Crippen LogP contribution in [0.15, 0.2) is 24.3 Å². The molecule has 6 nitrogen and oxygen atoms in total. The van der Waals surface area contributed by atoms with E-state index < -0.39 is 0 Å². The Bertz CT molecular complexity index is 637. The van der Waals surface area contributed by atoms with Gasteiger partial charge in [0.1, 0.15) is 5.75 Å². The summed E-state index contributed by atoms with van der Waals surface area (Å²) in [6.45, 7) is 6.24. The van der Waals surface area contributed by atoms with Gasteiger partial charge in [-0.1, -0.05) is 64.7 Å². The van der Waals surface area contributed by atoms with Gasteiger partial charge in [0.25, 0.3) is 5.91 Å². The van der Waals surface area contributed by atoms with Crippen LogP contribution in [0.1, 0.15) is 77.2 Å². The predicted molar refractivity (Wildman–Crippen MR) is 116 cm³/mol. The van der Waals surface area contributed by atoms with Crippen molar-refractivity contribution in [3.05, 3.63) is 29.8 Å². The fourth-order valence-corrected chi connectivity index (χ4v) is 2.82. The maximum Gasteiger partial charge on any atom is 0.276 e. The maximum absolute atomic E-state index is 12.0. The molecule has 1 rings (SSSR count). The largest absolute Gasteiger partial charge is 0.483 e. The number of hydrogen-bond acceptors (Lipinski definition) is 4. The summed E-state index contributed by atoms with van der Waals surface area (Å²) < 4.78 is 5.64. The molecule has 0 saturated heterocycles. The van der Waals surface area contributed by atoms with Crippen LogP contribution in [0.5, 0.6) is 5.75 Å². The second-order valence-corrected chi connectivity index (χ2v) is 7.26. The number of nitrogens with one attached hydrogen (secondary N) is 3. The Morgan fingerprint density at radius 2 is 1.75 bits per heavy atom. The van der Waals surface area contributed by atoms with Crippen molar-refractivity contribution in [1.29, 1.82) is 0 Å². The van der Waals surface area contributed by atoms with Crippen LogP contribution in [-0.4, -0.2) is 23.5 Å². The van der Waals surface area contributed by atoms with Crippen molar-refractivity contribution in [2.24, 2.45) is 0 Å². The van der Waals surface area contributed by atoms with Crippen LogP contribution in [0, 0.1) is 0 Å². The molecule has 156 valence electrons. The van der Waals surface area contributed by atoms with Crippen molar-refractivity contribution in [3.63, 3.8) is 0 Å². The van der Waals surface area contributed by atoms with Crippen LogP contribution in [0.25, 0.3) is 0 Å². The lowest BCUT2D eigenvalue weighted by atomic mass is 9.98. The molecule has 0 aliphatic carbocycles. The first-order valence-electron chi connectivity index (χ1n) is 10.1. The van der Waals surface area contributed by atoms with E-state index in [1.165, 1.54) is 12.8 Å². The topological polar surface area (TPSA) is 79.5 Å². The predicted octanol–water partition coefficient (Wildman–Crippen LogP) is 3.96. The number of hydrazine groups is 1. The Morgan fingerprint density at radius 1 is 1.04 bits per heavy atom. The fraction of sp³-hybridized carbons (Fsp3) is 0.571. The molecule has 3 N–H and O–H groups in total. The normalized spacial score (nSPS) is 11.4. The Balaban J connectivity index is 2.28. The van der Waals surface area contributed by atoms with Crippen LogP contribution in [0.2, 0.25) is 0 Å². The van der Waals surface area contributed by atoms with Crippen molar-refractivity contribution < 1.29 is 14.3 Å². The highest BCUT2D eigenvalue weighted by molar-refractivity contribution is 7.80. The van der Waals surface area contributed by atoms with Crippen molar-refractivity contribution in [2.45, 2.75) is 71.6 Å². The van der Waals surface area contributed by atoms with E-state index in [4.69, 9.17) is 17.0 Å². The second-order valence-electron chi connectivity index (χ2n) is 6.85. The molecule has 0 aromatic heterocycles. The number of benzene rings is 1. The smallest absolute Gasteiger partial charge is 0.276 e. The molecule has 0 spiro atoms. The van der Waals surface area contributed by atoms with Crippen molar-refractivity contribution in [2.75, 3.05) is 6.61 Å². The first-order chi connectivity index (χ1) is 13.5. The average Bonchev–Trinajstić information content (AvgIpc) is 2.70. The van der Waals surface area contributed by atoms with Crippen LogP contribution < -0.4 is 20.9 Å². The molecule has 0 saturated carbocycles. The third-order valence-corrected chi connectivity index (χ3v) is 4.70. The van der Waals surface area contributed by atoms with Gasteiger partial charge < -0.3 is 10.1 Å². The summed E-state index contributed by atoms with van der Waals surface area (Å²) in [5, 5.41) is 2.63. The lowest BCUT2D eigenvalue weighted by Gasteiger charge is -2.16. The maximum atomic E-state index is 12.0. The van der Waals surface area contributed by atoms with E-state index in [0.29, 0.717) is 18.1 Å². The molecule has 1 aromatic rings. The summed E-state index contributed by atoms with van der Waals surface area (Å²) >= 11 is 5.02. The van der Waals surface area contributed by atoms with Crippen LogP contribution in [0.3, 0.4) is 0 Å². The number of unbranched alkanes of at least 4 members (excludes halogenated alkanes) is 4.